The lowest BCUT2D eigenvalue weighted by molar-refractivity contribution is 0.101. The molecule has 0 saturated heterocycles. The van der Waals surface area contributed by atoms with E-state index in [1.165, 1.54) is 11.1 Å². The molecule has 82 valence electrons. The van der Waals surface area contributed by atoms with Crippen molar-refractivity contribution in [2.75, 3.05) is 0 Å². The molecule has 15 heavy (non-hydrogen) atoms. The zero-order valence-corrected chi connectivity index (χ0v) is 9.97. The normalized spacial score (nSPS) is 10.3. The maximum atomic E-state index is 11.6. The molecule has 1 nitrogen and oxygen atoms in total. The lowest BCUT2D eigenvalue weighted by Crippen LogP contribution is -2.05. The molecule has 0 N–H and O–H groups in total. The number of rotatable bonds is 5. The number of carbonyl (C=O) groups is 1. The van der Waals surface area contributed by atoms with E-state index in [-0.39, 0.29) is 5.78 Å². The Bertz CT molecular complexity index is 315. The number of Topliss-reactive ketones (excluding diaryl/α,β-unsaturated/α-hetero) is 1. The van der Waals surface area contributed by atoms with Crippen molar-refractivity contribution < 1.29 is 4.79 Å². The minimum Gasteiger partial charge on any atom is -0.294 e. The first kappa shape index (κ1) is 12.0. The monoisotopic (exact) mass is 204 g/mol. The molecule has 0 unspecified atom stereocenters. The molecule has 1 aromatic rings. The second-order valence-corrected chi connectivity index (χ2v) is 4.01. The van der Waals surface area contributed by atoms with E-state index in [0.29, 0.717) is 0 Å². The average molecular weight is 204 g/mol. The molecule has 0 saturated carbocycles. The molecular formula is C14H20O. The molecule has 0 spiro atoms. The summed E-state index contributed by atoms with van der Waals surface area (Å²) in [4.78, 5) is 11.6. The fraction of sp³-hybridized carbons (Fsp3) is 0.500. The first-order chi connectivity index (χ1) is 7.20. The molecule has 1 aromatic carbocycles. The maximum Gasteiger partial charge on any atom is 0.160 e. The number of hydrogen-bond donors (Lipinski definition) is 0. The van der Waals surface area contributed by atoms with Crippen molar-refractivity contribution in [1.29, 1.82) is 0 Å². The predicted octanol–water partition coefficient (Wildman–Crippen LogP) is 3.79. The summed E-state index contributed by atoms with van der Waals surface area (Å²) in [5.41, 5.74) is 3.41. The highest BCUT2D eigenvalue weighted by molar-refractivity contribution is 5.97. The summed E-state index contributed by atoms with van der Waals surface area (Å²) in [6.07, 6.45) is 4.20. The third-order valence-corrected chi connectivity index (χ3v) is 2.63. The van der Waals surface area contributed by atoms with Gasteiger partial charge in [0.25, 0.3) is 0 Å². The van der Waals surface area contributed by atoms with Crippen molar-refractivity contribution in [3.8, 4) is 0 Å². The van der Waals surface area contributed by atoms with Gasteiger partial charge in [-0.1, -0.05) is 44.9 Å². The minimum atomic E-state index is 0.211. The molecule has 0 heterocycles. The Morgan fingerprint density at radius 3 is 1.87 bits per heavy atom. The van der Waals surface area contributed by atoms with Gasteiger partial charge in [0.1, 0.15) is 0 Å². The van der Waals surface area contributed by atoms with Crippen molar-refractivity contribution in [3.63, 3.8) is 0 Å². The number of benzene rings is 1. The Morgan fingerprint density at radius 1 is 1.07 bits per heavy atom. The predicted molar refractivity (Wildman–Crippen MR) is 64.4 cm³/mol. The molecule has 0 bridgehead atoms. The van der Waals surface area contributed by atoms with Gasteiger partial charge in [0.15, 0.2) is 5.78 Å². The Balaban J connectivity index is 3.15. The second-order valence-electron chi connectivity index (χ2n) is 4.01. The summed E-state index contributed by atoms with van der Waals surface area (Å²) in [5, 5.41) is 0. The molecule has 1 heteroatoms. The topological polar surface area (TPSA) is 17.1 Å². The van der Waals surface area contributed by atoms with E-state index in [0.717, 1.165) is 31.2 Å². The van der Waals surface area contributed by atoms with E-state index in [9.17, 15) is 4.79 Å². The van der Waals surface area contributed by atoms with Gasteiger partial charge in [0.2, 0.25) is 0 Å². The fourth-order valence-electron chi connectivity index (χ4n) is 2.06. The van der Waals surface area contributed by atoms with Crippen molar-refractivity contribution in [2.24, 2.45) is 0 Å². The van der Waals surface area contributed by atoms with Gasteiger partial charge in [0.05, 0.1) is 0 Å². The Kier molecular flexibility index (Phi) is 4.54. The summed E-state index contributed by atoms with van der Waals surface area (Å²) in [6, 6.07) is 6.24. The number of hydrogen-bond acceptors (Lipinski definition) is 1. The first-order valence-corrected chi connectivity index (χ1v) is 5.82. The van der Waals surface area contributed by atoms with Crippen molar-refractivity contribution >= 4 is 5.78 Å². The summed E-state index contributed by atoms with van der Waals surface area (Å²) in [5.74, 6) is 0.211. The van der Waals surface area contributed by atoms with Crippen LogP contribution < -0.4 is 0 Å². The van der Waals surface area contributed by atoms with Gasteiger partial charge in [-0.05, 0) is 30.9 Å². The van der Waals surface area contributed by atoms with Crippen LogP contribution in [0.25, 0.3) is 0 Å². The van der Waals surface area contributed by atoms with Crippen LogP contribution in [-0.2, 0) is 12.8 Å². The van der Waals surface area contributed by atoms with Crippen molar-refractivity contribution in [2.45, 2.75) is 46.5 Å². The van der Waals surface area contributed by atoms with Crippen LogP contribution in [0.4, 0.5) is 0 Å². The Morgan fingerprint density at radius 2 is 1.53 bits per heavy atom. The quantitative estimate of drug-likeness (QED) is 0.667. The number of carbonyl (C=O) groups excluding carboxylic acids is 1. The standard InChI is InChI=1S/C14H20O/c1-4-7-12-9-6-10-13(8-5-2)14(12)11(3)15/h6,9-10H,4-5,7-8H2,1-3H3. The average Bonchev–Trinajstić information content (AvgIpc) is 2.18. The molecule has 0 aliphatic heterocycles. The van der Waals surface area contributed by atoms with Crippen LogP contribution in [0.3, 0.4) is 0 Å². The Labute approximate surface area is 92.5 Å². The van der Waals surface area contributed by atoms with E-state index in [1.807, 2.05) is 0 Å². The molecule has 0 atom stereocenters. The van der Waals surface area contributed by atoms with Crippen LogP contribution in [0.2, 0.25) is 0 Å². The van der Waals surface area contributed by atoms with Crippen molar-refractivity contribution in [3.05, 3.63) is 34.9 Å². The van der Waals surface area contributed by atoms with Crippen LogP contribution in [0.1, 0.15) is 55.1 Å². The third-order valence-electron chi connectivity index (χ3n) is 2.63. The lowest BCUT2D eigenvalue weighted by Gasteiger charge is -2.11. The number of ketones is 1. The van der Waals surface area contributed by atoms with Crippen LogP contribution in [-0.4, -0.2) is 5.78 Å². The Hall–Kier alpha value is -1.11. The molecule has 1 rings (SSSR count). The molecule has 0 aliphatic carbocycles. The highest BCUT2D eigenvalue weighted by Crippen LogP contribution is 2.18. The third kappa shape index (κ3) is 2.92. The van der Waals surface area contributed by atoms with E-state index >= 15 is 0 Å². The van der Waals surface area contributed by atoms with Crippen LogP contribution in [0.5, 0.6) is 0 Å². The van der Waals surface area contributed by atoms with Gasteiger partial charge in [0, 0.05) is 5.56 Å². The number of aryl methyl sites for hydroxylation is 2. The molecule has 0 radical (unpaired) electrons. The SMILES string of the molecule is CCCc1cccc(CCC)c1C(C)=O. The van der Waals surface area contributed by atoms with Gasteiger partial charge >= 0.3 is 0 Å². The molecule has 0 amide bonds. The molecule has 0 fully saturated rings. The zero-order chi connectivity index (χ0) is 11.3. The highest BCUT2D eigenvalue weighted by atomic mass is 16.1. The minimum absolute atomic E-state index is 0.211. The largest absolute Gasteiger partial charge is 0.294 e. The van der Waals surface area contributed by atoms with E-state index in [1.54, 1.807) is 6.92 Å². The van der Waals surface area contributed by atoms with E-state index in [2.05, 4.69) is 32.0 Å². The van der Waals surface area contributed by atoms with Crippen LogP contribution >= 0.6 is 0 Å². The first-order valence-electron chi connectivity index (χ1n) is 5.82. The summed E-state index contributed by atoms with van der Waals surface area (Å²) >= 11 is 0. The summed E-state index contributed by atoms with van der Waals surface area (Å²) < 4.78 is 0. The lowest BCUT2D eigenvalue weighted by atomic mass is 9.93. The van der Waals surface area contributed by atoms with Gasteiger partial charge in [-0.2, -0.15) is 0 Å². The highest BCUT2D eigenvalue weighted by Gasteiger charge is 2.11. The van der Waals surface area contributed by atoms with Crippen molar-refractivity contribution in [1.82, 2.24) is 0 Å². The fourth-order valence-corrected chi connectivity index (χ4v) is 2.06. The maximum absolute atomic E-state index is 11.6. The van der Waals surface area contributed by atoms with E-state index in [4.69, 9.17) is 0 Å². The smallest absolute Gasteiger partial charge is 0.160 e. The molecule has 0 aliphatic rings. The zero-order valence-electron chi connectivity index (χ0n) is 9.97. The summed E-state index contributed by atoms with van der Waals surface area (Å²) in [7, 11) is 0. The van der Waals surface area contributed by atoms with E-state index < -0.39 is 0 Å². The van der Waals surface area contributed by atoms with Gasteiger partial charge in [-0.3, -0.25) is 4.79 Å². The second kappa shape index (κ2) is 5.69. The summed E-state index contributed by atoms with van der Waals surface area (Å²) in [6.45, 7) is 5.97. The van der Waals surface area contributed by atoms with Crippen LogP contribution in [0.15, 0.2) is 18.2 Å². The van der Waals surface area contributed by atoms with Gasteiger partial charge in [-0.15, -0.1) is 0 Å². The van der Waals surface area contributed by atoms with Gasteiger partial charge in [-0.25, -0.2) is 0 Å². The molecule has 0 aromatic heterocycles. The molecular weight excluding hydrogens is 184 g/mol. The van der Waals surface area contributed by atoms with Gasteiger partial charge < -0.3 is 0 Å². The van der Waals surface area contributed by atoms with Crippen LogP contribution in [0, 0.1) is 0 Å².